The van der Waals surface area contributed by atoms with E-state index >= 15 is 0 Å². The highest BCUT2D eigenvalue weighted by Gasteiger charge is 2.29. The van der Waals surface area contributed by atoms with E-state index in [2.05, 4.69) is 19.2 Å². The van der Waals surface area contributed by atoms with Crippen LogP contribution in [0.5, 0.6) is 0 Å². The van der Waals surface area contributed by atoms with E-state index in [4.69, 9.17) is 4.74 Å². The van der Waals surface area contributed by atoms with Crippen molar-refractivity contribution in [3.8, 4) is 0 Å². The number of ether oxygens (including phenoxy) is 1. The standard InChI is InChI=1S/C16H31NO/c1-3-13-8-7-9-14(12-13)18-16-11-6-5-10-15(16)17-4-2/h13-17H,3-12H2,1-2H3. The van der Waals surface area contributed by atoms with E-state index in [1.165, 1.54) is 57.8 Å². The fourth-order valence-electron chi connectivity index (χ4n) is 3.74. The van der Waals surface area contributed by atoms with Gasteiger partial charge in [-0.1, -0.05) is 46.0 Å². The number of hydrogen-bond donors (Lipinski definition) is 1. The molecule has 2 fully saturated rings. The Bertz CT molecular complexity index is 229. The first-order chi connectivity index (χ1) is 8.83. The maximum Gasteiger partial charge on any atom is 0.0731 e. The van der Waals surface area contributed by atoms with Crippen LogP contribution in [0.1, 0.15) is 71.6 Å². The van der Waals surface area contributed by atoms with Crippen molar-refractivity contribution >= 4 is 0 Å². The molecule has 18 heavy (non-hydrogen) atoms. The fraction of sp³-hybridized carbons (Fsp3) is 1.00. The van der Waals surface area contributed by atoms with E-state index in [0.717, 1.165) is 12.5 Å². The molecule has 106 valence electrons. The second-order valence-electron chi connectivity index (χ2n) is 6.19. The molecule has 0 saturated heterocycles. The molecule has 0 radical (unpaired) electrons. The summed E-state index contributed by atoms with van der Waals surface area (Å²) in [5, 5.41) is 3.62. The van der Waals surface area contributed by atoms with Crippen LogP contribution in [0.4, 0.5) is 0 Å². The molecular formula is C16H31NO. The second-order valence-corrected chi connectivity index (χ2v) is 6.19. The van der Waals surface area contributed by atoms with Crippen molar-refractivity contribution in [2.24, 2.45) is 5.92 Å². The number of hydrogen-bond acceptors (Lipinski definition) is 2. The maximum atomic E-state index is 6.47. The third-order valence-corrected chi connectivity index (χ3v) is 4.85. The predicted octanol–water partition coefficient (Wildman–Crippen LogP) is 3.89. The average molecular weight is 253 g/mol. The number of nitrogens with one attached hydrogen (secondary N) is 1. The van der Waals surface area contributed by atoms with Gasteiger partial charge in [0.2, 0.25) is 0 Å². The molecule has 0 heterocycles. The van der Waals surface area contributed by atoms with Gasteiger partial charge in [-0.3, -0.25) is 0 Å². The molecule has 4 atom stereocenters. The molecule has 2 heteroatoms. The first-order valence-corrected chi connectivity index (χ1v) is 8.22. The second kappa shape index (κ2) is 7.49. The van der Waals surface area contributed by atoms with Crippen LogP contribution >= 0.6 is 0 Å². The molecule has 0 aromatic rings. The summed E-state index contributed by atoms with van der Waals surface area (Å²) in [5.74, 6) is 0.921. The summed E-state index contributed by atoms with van der Waals surface area (Å²) < 4.78 is 6.47. The van der Waals surface area contributed by atoms with Crippen LogP contribution in [0.2, 0.25) is 0 Å². The zero-order chi connectivity index (χ0) is 12.8. The summed E-state index contributed by atoms with van der Waals surface area (Å²) in [6, 6.07) is 0.616. The van der Waals surface area contributed by atoms with Crippen LogP contribution in [0.25, 0.3) is 0 Å². The Balaban J connectivity index is 1.82. The Morgan fingerprint density at radius 1 is 1.00 bits per heavy atom. The van der Waals surface area contributed by atoms with Crippen molar-refractivity contribution in [3.63, 3.8) is 0 Å². The van der Waals surface area contributed by atoms with Gasteiger partial charge in [0.15, 0.2) is 0 Å². The zero-order valence-corrected chi connectivity index (χ0v) is 12.3. The lowest BCUT2D eigenvalue weighted by molar-refractivity contribution is -0.0683. The van der Waals surface area contributed by atoms with Crippen LogP contribution in [-0.4, -0.2) is 24.8 Å². The van der Waals surface area contributed by atoms with Crippen LogP contribution < -0.4 is 5.32 Å². The van der Waals surface area contributed by atoms with Gasteiger partial charge in [0.05, 0.1) is 12.2 Å². The largest absolute Gasteiger partial charge is 0.373 e. The highest BCUT2D eigenvalue weighted by Crippen LogP contribution is 2.31. The van der Waals surface area contributed by atoms with Crippen LogP contribution in [0.15, 0.2) is 0 Å². The van der Waals surface area contributed by atoms with Crippen molar-refractivity contribution < 1.29 is 4.74 Å². The van der Waals surface area contributed by atoms with Gasteiger partial charge in [0.1, 0.15) is 0 Å². The Morgan fingerprint density at radius 2 is 1.83 bits per heavy atom. The Morgan fingerprint density at radius 3 is 2.61 bits per heavy atom. The molecule has 0 aromatic carbocycles. The van der Waals surface area contributed by atoms with Gasteiger partial charge in [0.25, 0.3) is 0 Å². The SMILES string of the molecule is CCNC1CCCCC1OC1CCCC(CC)C1. The molecule has 2 nitrogen and oxygen atoms in total. The van der Waals surface area contributed by atoms with E-state index in [-0.39, 0.29) is 0 Å². The number of likely N-dealkylation sites (N-methyl/N-ethyl adjacent to an activating group) is 1. The van der Waals surface area contributed by atoms with Gasteiger partial charge in [-0.15, -0.1) is 0 Å². The molecule has 2 aliphatic rings. The van der Waals surface area contributed by atoms with Crippen molar-refractivity contribution in [2.45, 2.75) is 89.9 Å². The minimum absolute atomic E-state index is 0.485. The predicted molar refractivity (Wildman–Crippen MR) is 76.8 cm³/mol. The van der Waals surface area contributed by atoms with E-state index in [1.54, 1.807) is 0 Å². The first-order valence-electron chi connectivity index (χ1n) is 8.22. The van der Waals surface area contributed by atoms with E-state index in [0.29, 0.717) is 18.2 Å². The average Bonchev–Trinajstić information content (AvgIpc) is 2.41. The lowest BCUT2D eigenvalue weighted by atomic mass is 9.85. The summed E-state index contributed by atoms with van der Waals surface area (Å²) in [6.45, 7) is 5.61. The van der Waals surface area contributed by atoms with Gasteiger partial charge >= 0.3 is 0 Å². The van der Waals surface area contributed by atoms with Gasteiger partial charge in [-0.2, -0.15) is 0 Å². The molecular weight excluding hydrogens is 222 g/mol. The Kier molecular flexibility index (Phi) is 5.97. The number of rotatable bonds is 5. The van der Waals surface area contributed by atoms with E-state index in [9.17, 15) is 0 Å². The highest BCUT2D eigenvalue weighted by molar-refractivity contribution is 4.83. The monoisotopic (exact) mass is 253 g/mol. The summed E-state index contributed by atoms with van der Waals surface area (Å²) in [4.78, 5) is 0. The van der Waals surface area contributed by atoms with Crippen LogP contribution in [0.3, 0.4) is 0 Å². The van der Waals surface area contributed by atoms with Gasteiger partial charge in [-0.25, -0.2) is 0 Å². The Labute approximate surface area is 113 Å². The van der Waals surface area contributed by atoms with E-state index < -0.39 is 0 Å². The summed E-state index contributed by atoms with van der Waals surface area (Å²) in [6.07, 6.45) is 13.1. The van der Waals surface area contributed by atoms with Gasteiger partial charge < -0.3 is 10.1 Å². The molecule has 1 N–H and O–H groups in total. The lowest BCUT2D eigenvalue weighted by Crippen LogP contribution is -2.45. The third-order valence-electron chi connectivity index (χ3n) is 4.85. The molecule has 0 bridgehead atoms. The molecule has 4 unspecified atom stereocenters. The maximum absolute atomic E-state index is 6.47. The smallest absolute Gasteiger partial charge is 0.0731 e. The normalized spacial score (nSPS) is 37.7. The minimum Gasteiger partial charge on any atom is -0.373 e. The quantitative estimate of drug-likeness (QED) is 0.802. The molecule has 0 amide bonds. The molecule has 0 aromatic heterocycles. The molecule has 2 aliphatic carbocycles. The highest BCUT2D eigenvalue weighted by atomic mass is 16.5. The van der Waals surface area contributed by atoms with Crippen molar-refractivity contribution in [1.82, 2.24) is 5.32 Å². The van der Waals surface area contributed by atoms with Gasteiger partial charge in [-0.05, 0) is 38.1 Å². The lowest BCUT2D eigenvalue weighted by Gasteiger charge is -2.37. The minimum atomic E-state index is 0.485. The van der Waals surface area contributed by atoms with Crippen LogP contribution in [-0.2, 0) is 4.74 Å². The van der Waals surface area contributed by atoms with Crippen molar-refractivity contribution in [1.29, 1.82) is 0 Å². The molecule has 0 spiro atoms. The van der Waals surface area contributed by atoms with Gasteiger partial charge in [0, 0.05) is 6.04 Å². The molecule has 2 rings (SSSR count). The summed E-state index contributed by atoms with van der Waals surface area (Å²) in [5.41, 5.74) is 0. The van der Waals surface area contributed by atoms with Crippen LogP contribution in [0, 0.1) is 5.92 Å². The molecule has 2 saturated carbocycles. The first kappa shape index (κ1) is 14.3. The Hall–Kier alpha value is -0.0800. The summed E-state index contributed by atoms with van der Waals surface area (Å²) in [7, 11) is 0. The molecule has 0 aliphatic heterocycles. The summed E-state index contributed by atoms with van der Waals surface area (Å²) >= 11 is 0. The topological polar surface area (TPSA) is 21.3 Å². The zero-order valence-electron chi connectivity index (χ0n) is 12.3. The fourth-order valence-corrected chi connectivity index (χ4v) is 3.74. The van der Waals surface area contributed by atoms with Crippen molar-refractivity contribution in [2.75, 3.05) is 6.54 Å². The third kappa shape index (κ3) is 3.96. The van der Waals surface area contributed by atoms with E-state index in [1.807, 2.05) is 0 Å². The van der Waals surface area contributed by atoms with Crippen molar-refractivity contribution in [3.05, 3.63) is 0 Å².